The second kappa shape index (κ2) is 9.80. The number of non-ortho nitro benzene ring substituents is 1. The van der Waals surface area contributed by atoms with Gasteiger partial charge in [0, 0.05) is 35.9 Å². The Morgan fingerprint density at radius 1 is 1.21 bits per heavy atom. The molecule has 1 fully saturated rings. The highest BCUT2D eigenvalue weighted by Crippen LogP contribution is 2.47. The summed E-state index contributed by atoms with van der Waals surface area (Å²) in [6, 6.07) is 10.1. The largest absolute Gasteiger partial charge is 0.490 e. The summed E-state index contributed by atoms with van der Waals surface area (Å²) in [5.41, 5.74) is 2.12. The highest BCUT2D eigenvalue weighted by molar-refractivity contribution is 7.80. The van der Waals surface area contributed by atoms with Crippen LogP contribution in [0.3, 0.4) is 0 Å². The van der Waals surface area contributed by atoms with E-state index in [1.165, 1.54) is 17.7 Å². The Hall–Kier alpha value is -2.51. The third-order valence-electron chi connectivity index (χ3n) is 5.51. The zero-order valence-electron chi connectivity index (χ0n) is 15.9. The van der Waals surface area contributed by atoms with Crippen molar-refractivity contribution in [2.75, 3.05) is 6.61 Å². The van der Waals surface area contributed by atoms with Crippen LogP contribution >= 0.6 is 24.4 Å². The number of ether oxygens (including phenoxy) is 1. The Morgan fingerprint density at radius 2 is 1.97 bits per heavy atom. The van der Waals surface area contributed by atoms with Crippen molar-refractivity contribution < 1.29 is 9.66 Å². The van der Waals surface area contributed by atoms with Crippen molar-refractivity contribution in [3.8, 4) is 5.75 Å². The summed E-state index contributed by atoms with van der Waals surface area (Å²) < 4.78 is 5.83. The molecule has 7 heteroatoms. The minimum atomic E-state index is -0.424. The summed E-state index contributed by atoms with van der Waals surface area (Å²) in [7, 11) is 0. The van der Waals surface area contributed by atoms with E-state index >= 15 is 0 Å². The lowest BCUT2D eigenvalue weighted by atomic mass is 9.60. The minimum absolute atomic E-state index is 0.0448. The van der Waals surface area contributed by atoms with Crippen molar-refractivity contribution in [2.24, 2.45) is 5.92 Å². The van der Waals surface area contributed by atoms with E-state index in [4.69, 9.17) is 29.2 Å². The van der Waals surface area contributed by atoms with E-state index in [1.807, 2.05) is 12.3 Å². The first-order valence-electron chi connectivity index (χ1n) is 9.49. The van der Waals surface area contributed by atoms with Crippen LogP contribution < -0.4 is 4.74 Å². The van der Waals surface area contributed by atoms with Crippen molar-refractivity contribution in [1.29, 1.82) is 0 Å². The molecule has 3 rings (SSSR count). The fourth-order valence-electron chi connectivity index (χ4n) is 4.08. The highest BCUT2D eigenvalue weighted by Gasteiger charge is 2.43. The van der Waals surface area contributed by atoms with Gasteiger partial charge in [0.2, 0.25) is 0 Å². The average Bonchev–Trinajstić information content (AvgIpc) is 2.76. The van der Waals surface area contributed by atoms with Crippen LogP contribution in [0.4, 0.5) is 5.69 Å². The predicted molar refractivity (Wildman–Crippen MR) is 122 cm³/mol. The van der Waals surface area contributed by atoms with Gasteiger partial charge in [-0.25, -0.2) is 0 Å². The third kappa shape index (κ3) is 4.57. The molecule has 0 N–H and O–H groups in total. The van der Waals surface area contributed by atoms with E-state index in [0.29, 0.717) is 12.4 Å². The number of pyridine rings is 1. The lowest BCUT2D eigenvalue weighted by molar-refractivity contribution is -0.384. The first-order valence-corrected chi connectivity index (χ1v) is 10.4. The third-order valence-corrected chi connectivity index (χ3v) is 6.09. The van der Waals surface area contributed by atoms with Crippen molar-refractivity contribution in [3.05, 3.63) is 76.1 Å². The predicted octanol–water partition coefficient (Wildman–Crippen LogP) is 5.42. The molecule has 1 aromatic carbocycles. The first-order chi connectivity index (χ1) is 14.1. The molecule has 1 aliphatic carbocycles. The minimum Gasteiger partial charge on any atom is -0.490 e. The van der Waals surface area contributed by atoms with E-state index in [-0.39, 0.29) is 17.0 Å². The van der Waals surface area contributed by atoms with E-state index in [1.54, 1.807) is 29.1 Å². The Kier molecular flexibility index (Phi) is 7.17. The van der Waals surface area contributed by atoms with E-state index < -0.39 is 4.92 Å². The number of hydrogen-bond donors (Lipinski definition) is 0. The summed E-state index contributed by atoms with van der Waals surface area (Å²) >= 11 is 10.7. The fourth-order valence-corrected chi connectivity index (χ4v) is 4.80. The molecule has 1 heterocycles. The highest BCUT2D eigenvalue weighted by atomic mass is 32.1. The molecule has 29 heavy (non-hydrogen) atoms. The van der Waals surface area contributed by atoms with Crippen LogP contribution in [-0.4, -0.2) is 27.2 Å². The van der Waals surface area contributed by atoms with Crippen LogP contribution in [-0.2, 0) is 5.41 Å². The molecule has 0 aliphatic heterocycles. The Balaban J connectivity index is 1.88. The zero-order chi connectivity index (χ0) is 20.7. The normalized spacial score (nSPS) is 20.4. The van der Waals surface area contributed by atoms with Crippen LogP contribution in [0.5, 0.6) is 5.75 Å². The van der Waals surface area contributed by atoms with Crippen LogP contribution in [0.25, 0.3) is 0 Å². The molecule has 0 radical (unpaired) electrons. The maximum Gasteiger partial charge on any atom is 0.269 e. The number of nitro groups is 1. The van der Waals surface area contributed by atoms with Gasteiger partial charge >= 0.3 is 0 Å². The van der Waals surface area contributed by atoms with Gasteiger partial charge < -0.3 is 4.74 Å². The monoisotopic (exact) mass is 426 g/mol. The molecular formula is C22H22N2O3S2. The molecule has 150 valence electrons. The van der Waals surface area contributed by atoms with E-state index in [0.717, 1.165) is 31.2 Å². The van der Waals surface area contributed by atoms with Crippen molar-refractivity contribution in [3.63, 3.8) is 0 Å². The van der Waals surface area contributed by atoms with Crippen LogP contribution in [0.15, 0.2) is 60.4 Å². The zero-order valence-corrected chi connectivity index (χ0v) is 17.5. The number of benzene rings is 1. The van der Waals surface area contributed by atoms with E-state index in [9.17, 15) is 10.1 Å². The fraction of sp³-hybridized carbons (Fsp3) is 0.318. The van der Waals surface area contributed by atoms with Gasteiger partial charge in [0.05, 0.1) is 4.92 Å². The topological polar surface area (TPSA) is 65.3 Å². The maximum absolute atomic E-state index is 10.8. The lowest BCUT2D eigenvalue weighted by Gasteiger charge is -2.43. The van der Waals surface area contributed by atoms with Gasteiger partial charge in [0.25, 0.3) is 5.69 Å². The number of hydrogen-bond acceptors (Lipinski definition) is 6. The standard InChI is InChI=1S/C22H22N2O3S2/c25-24(26)20-6-8-21(9-7-20)27-13-10-17-4-1-2-11-22(17,19(15-28)16-29)18-5-3-12-23-14-18/h3,5-10,12,14-16,19H,1-2,4,11,13H2. The Labute approximate surface area is 181 Å². The van der Waals surface area contributed by atoms with Gasteiger partial charge in [-0.15, -0.1) is 0 Å². The first kappa shape index (κ1) is 21.2. The summed E-state index contributed by atoms with van der Waals surface area (Å²) in [6.45, 7) is 0.372. The SMILES string of the molecule is O=[N+]([O-])c1ccc(OCC=C2CCCCC2(c2cccnc2)C(C=S)C=S)cc1. The number of allylic oxidation sites excluding steroid dienone is 1. The molecule has 5 nitrogen and oxygen atoms in total. The van der Waals surface area contributed by atoms with Crippen molar-refractivity contribution >= 4 is 40.9 Å². The lowest BCUT2D eigenvalue weighted by Crippen LogP contribution is -2.41. The van der Waals surface area contributed by atoms with Gasteiger partial charge in [-0.2, -0.15) is 0 Å². The molecule has 1 aromatic heterocycles. The molecule has 0 spiro atoms. The Morgan fingerprint density at radius 3 is 2.59 bits per heavy atom. The average molecular weight is 427 g/mol. The van der Waals surface area contributed by atoms with Gasteiger partial charge in [0.15, 0.2) is 0 Å². The molecule has 1 unspecified atom stereocenters. The van der Waals surface area contributed by atoms with Gasteiger partial charge in [-0.3, -0.25) is 15.1 Å². The van der Waals surface area contributed by atoms with Crippen LogP contribution in [0.1, 0.15) is 31.2 Å². The summed E-state index contributed by atoms with van der Waals surface area (Å²) in [5.74, 6) is 0.541. The quantitative estimate of drug-likeness (QED) is 0.243. The molecule has 0 saturated heterocycles. The van der Waals surface area contributed by atoms with Crippen LogP contribution in [0.2, 0.25) is 0 Å². The molecule has 1 aliphatic rings. The molecule has 1 atom stereocenters. The summed E-state index contributed by atoms with van der Waals surface area (Å²) in [4.78, 5) is 14.7. The molecule has 0 bridgehead atoms. The Bertz CT molecular complexity index is 892. The summed E-state index contributed by atoms with van der Waals surface area (Å²) in [6.07, 6.45) is 9.88. The van der Waals surface area contributed by atoms with E-state index in [2.05, 4.69) is 17.1 Å². The molecule has 0 amide bonds. The number of thiocarbonyl (C=S) groups is 2. The smallest absolute Gasteiger partial charge is 0.269 e. The number of nitrogens with zero attached hydrogens (tertiary/aromatic N) is 2. The number of aromatic nitrogens is 1. The second-order valence-corrected chi connectivity index (χ2v) is 7.55. The summed E-state index contributed by atoms with van der Waals surface area (Å²) in [5, 5.41) is 14.3. The van der Waals surface area contributed by atoms with Crippen molar-refractivity contribution in [1.82, 2.24) is 4.98 Å². The van der Waals surface area contributed by atoms with Gasteiger partial charge in [-0.1, -0.05) is 42.5 Å². The maximum atomic E-state index is 10.8. The molecule has 1 saturated carbocycles. The number of rotatable bonds is 8. The van der Waals surface area contributed by atoms with Gasteiger partial charge in [0.1, 0.15) is 12.4 Å². The van der Waals surface area contributed by atoms with Crippen molar-refractivity contribution in [2.45, 2.75) is 31.1 Å². The molecule has 2 aromatic rings. The molecular weight excluding hydrogens is 404 g/mol. The van der Waals surface area contributed by atoms with Crippen LogP contribution in [0, 0.1) is 16.0 Å². The second-order valence-electron chi connectivity index (χ2n) is 7.01. The van der Waals surface area contributed by atoms with Gasteiger partial charge in [-0.05, 0) is 59.8 Å². The number of nitro benzene ring substituents is 1.